The smallest absolute Gasteiger partial charge is 0.223 e. The van der Waals surface area contributed by atoms with Crippen LogP contribution in [0.4, 0.5) is 0 Å². The molecule has 0 spiro atoms. The first-order valence-corrected chi connectivity index (χ1v) is 7.83. The van der Waals surface area contributed by atoms with Gasteiger partial charge in [-0.25, -0.2) is 0 Å². The van der Waals surface area contributed by atoms with Crippen molar-refractivity contribution >= 4 is 17.5 Å². The predicted octanol–water partition coefficient (Wildman–Crippen LogP) is 2.78. The van der Waals surface area contributed by atoms with Crippen LogP contribution in [0.5, 0.6) is 5.75 Å². The van der Waals surface area contributed by atoms with E-state index in [2.05, 4.69) is 10.2 Å². The van der Waals surface area contributed by atoms with E-state index in [1.807, 2.05) is 13.8 Å². The molecule has 2 N–H and O–H groups in total. The van der Waals surface area contributed by atoms with Gasteiger partial charge in [0, 0.05) is 29.1 Å². The number of phenolic OH excluding ortho intramolecular Hbond substituents is 1. The lowest BCUT2D eigenvalue weighted by Gasteiger charge is -2.31. The average Bonchev–Trinajstić information content (AvgIpc) is 2.43. The molecule has 0 bridgehead atoms. The van der Waals surface area contributed by atoms with E-state index in [0.717, 1.165) is 31.5 Å². The maximum Gasteiger partial charge on any atom is 0.223 e. The monoisotopic (exact) mass is 310 g/mol. The number of benzene rings is 1. The maximum atomic E-state index is 12.0. The quantitative estimate of drug-likeness (QED) is 0.899. The van der Waals surface area contributed by atoms with Gasteiger partial charge in [0.05, 0.1) is 0 Å². The highest BCUT2D eigenvalue weighted by molar-refractivity contribution is 6.30. The topological polar surface area (TPSA) is 52.6 Å². The number of aromatic hydroxyl groups is 1. The molecule has 1 fully saturated rings. The summed E-state index contributed by atoms with van der Waals surface area (Å²) in [5.74, 6) is 0.547. The molecule has 1 aromatic carbocycles. The number of hydrogen-bond acceptors (Lipinski definition) is 3. The summed E-state index contributed by atoms with van der Waals surface area (Å²) in [6.45, 7) is 6.36. The Morgan fingerprint density at radius 3 is 2.71 bits per heavy atom. The van der Waals surface area contributed by atoms with E-state index >= 15 is 0 Å². The van der Waals surface area contributed by atoms with Crippen molar-refractivity contribution in [2.75, 3.05) is 13.1 Å². The van der Waals surface area contributed by atoms with Gasteiger partial charge in [0.1, 0.15) is 5.75 Å². The minimum Gasteiger partial charge on any atom is -0.508 e. The van der Waals surface area contributed by atoms with Crippen molar-refractivity contribution in [3.05, 3.63) is 28.8 Å². The van der Waals surface area contributed by atoms with Gasteiger partial charge in [-0.15, -0.1) is 0 Å². The van der Waals surface area contributed by atoms with Crippen molar-refractivity contribution in [3.8, 4) is 5.75 Å². The summed E-state index contributed by atoms with van der Waals surface area (Å²) in [6.07, 6.45) is 1.72. The van der Waals surface area contributed by atoms with E-state index in [-0.39, 0.29) is 23.6 Å². The van der Waals surface area contributed by atoms with Gasteiger partial charge in [-0.3, -0.25) is 9.69 Å². The molecule has 5 heteroatoms. The molecule has 0 radical (unpaired) electrons. The third-order valence-electron chi connectivity index (χ3n) is 3.82. The number of rotatable bonds is 4. The van der Waals surface area contributed by atoms with Gasteiger partial charge in [-0.1, -0.05) is 11.6 Å². The van der Waals surface area contributed by atoms with Gasteiger partial charge in [0.25, 0.3) is 0 Å². The number of halogens is 1. The summed E-state index contributed by atoms with van der Waals surface area (Å²) in [4.78, 5) is 14.2. The zero-order chi connectivity index (χ0) is 15.4. The fraction of sp³-hybridized carbons (Fsp3) is 0.562. The molecular weight excluding hydrogens is 288 g/mol. The van der Waals surface area contributed by atoms with Crippen LogP contribution >= 0.6 is 11.6 Å². The highest BCUT2D eigenvalue weighted by atomic mass is 35.5. The Labute approximate surface area is 131 Å². The van der Waals surface area contributed by atoms with Crippen molar-refractivity contribution in [1.82, 2.24) is 10.2 Å². The molecule has 1 aliphatic heterocycles. The second kappa shape index (κ2) is 7.14. The maximum absolute atomic E-state index is 12.0. The first-order valence-electron chi connectivity index (χ1n) is 7.46. The standard InChI is InChI=1S/C16H23ClN2O2/c1-11(2)18-16(21)12-5-7-19(8-6-12)10-13-9-14(17)3-4-15(13)20/h3-4,9,11-12,20H,5-8,10H2,1-2H3,(H,18,21). The second-order valence-corrected chi connectivity index (χ2v) is 6.42. The Bertz CT molecular complexity index is 497. The Kier molecular flexibility index (Phi) is 5.48. The number of likely N-dealkylation sites (tertiary alicyclic amines) is 1. The van der Waals surface area contributed by atoms with E-state index in [9.17, 15) is 9.90 Å². The Hall–Kier alpha value is -1.26. The van der Waals surface area contributed by atoms with Crippen LogP contribution in [0.3, 0.4) is 0 Å². The Morgan fingerprint density at radius 2 is 2.10 bits per heavy atom. The number of carbonyl (C=O) groups excluding carboxylic acids is 1. The molecule has 1 saturated heterocycles. The minimum absolute atomic E-state index is 0.108. The van der Waals surface area contributed by atoms with E-state index in [0.29, 0.717) is 11.6 Å². The normalized spacial score (nSPS) is 17.1. The SMILES string of the molecule is CC(C)NC(=O)C1CCN(Cc2cc(Cl)ccc2O)CC1. The summed E-state index contributed by atoms with van der Waals surface area (Å²) in [6, 6.07) is 5.30. The number of hydrogen-bond donors (Lipinski definition) is 2. The van der Waals surface area contributed by atoms with Gasteiger partial charge in [0.2, 0.25) is 5.91 Å². The summed E-state index contributed by atoms with van der Waals surface area (Å²) >= 11 is 5.97. The highest BCUT2D eigenvalue weighted by Gasteiger charge is 2.25. The molecule has 0 aromatic heterocycles. The molecule has 0 atom stereocenters. The summed E-state index contributed by atoms with van der Waals surface area (Å²) in [5.41, 5.74) is 0.840. The van der Waals surface area contributed by atoms with Gasteiger partial charge in [0.15, 0.2) is 0 Å². The van der Waals surface area contributed by atoms with Crippen LogP contribution in [-0.2, 0) is 11.3 Å². The summed E-state index contributed by atoms with van der Waals surface area (Å²) in [7, 11) is 0. The molecule has 1 aliphatic rings. The zero-order valence-electron chi connectivity index (χ0n) is 12.6. The number of piperidine rings is 1. The fourth-order valence-corrected chi connectivity index (χ4v) is 2.87. The van der Waals surface area contributed by atoms with Crippen molar-refractivity contribution < 1.29 is 9.90 Å². The van der Waals surface area contributed by atoms with Crippen LogP contribution in [-0.4, -0.2) is 35.0 Å². The van der Waals surface area contributed by atoms with Gasteiger partial charge >= 0.3 is 0 Å². The summed E-state index contributed by atoms with van der Waals surface area (Å²) in [5, 5.41) is 13.5. The first-order chi connectivity index (χ1) is 9.95. The van der Waals surface area contributed by atoms with Crippen LogP contribution in [0, 0.1) is 5.92 Å². The molecule has 1 heterocycles. The van der Waals surface area contributed by atoms with Crippen molar-refractivity contribution in [2.24, 2.45) is 5.92 Å². The lowest BCUT2D eigenvalue weighted by atomic mass is 9.95. The number of nitrogens with zero attached hydrogens (tertiary/aromatic N) is 1. The Morgan fingerprint density at radius 1 is 1.43 bits per heavy atom. The minimum atomic E-state index is 0.108. The molecule has 1 amide bonds. The van der Waals surface area contributed by atoms with E-state index in [4.69, 9.17) is 11.6 Å². The van der Waals surface area contributed by atoms with E-state index in [1.165, 1.54) is 0 Å². The predicted molar refractivity (Wildman–Crippen MR) is 84.4 cm³/mol. The number of carbonyl (C=O) groups is 1. The Balaban J connectivity index is 1.87. The van der Waals surface area contributed by atoms with Gasteiger partial charge < -0.3 is 10.4 Å². The fourth-order valence-electron chi connectivity index (χ4n) is 2.68. The lowest BCUT2D eigenvalue weighted by molar-refractivity contribution is -0.127. The highest BCUT2D eigenvalue weighted by Crippen LogP contribution is 2.25. The van der Waals surface area contributed by atoms with E-state index in [1.54, 1.807) is 18.2 Å². The van der Waals surface area contributed by atoms with Crippen LogP contribution in [0.2, 0.25) is 5.02 Å². The molecule has 0 unspecified atom stereocenters. The number of nitrogens with one attached hydrogen (secondary N) is 1. The van der Waals surface area contributed by atoms with Crippen molar-refractivity contribution in [1.29, 1.82) is 0 Å². The third kappa shape index (κ3) is 4.61. The van der Waals surface area contributed by atoms with Crippen LogP contribution in [0.15, 0.2) is 18.2 Å². The molecule has 0 saturated carbocycles. The van der Waals surface area contributed by atoms with Crippen molar-refractivity contribution in [3.63, 3.8) is 0 Å². The molecule has 1 aromatic rings. The molecule has 21 heavy (non-hydrogen) atoms. The lowest BCUT2D eigenvalue weighted by Crippen LogP contribution is -2.42. The zero-order valence-corrected chi connectivity index (χ0v) is 13.4. The summed E-state index contributed by atoms with van der Waals surface area (Å²) < 4.78 is 0. The van der Waals surface area contributed by atoms with E-state index < -0.39 is 0 Å². The molecule has 0 aliphatic carbocycles. The van der Waals surface area contributed by atoms with Crippen LogP contribution < -0.4 is 5.32 Å². The van der Waals surface area contributed by atoms with Gasteiger partial charge in [-0.05, 0) is 58.0 Å². The van der Waals surface area contributed by atoms with Crippen LogP contribution in [0.25, 0.3) is 0 Å². The largest absolute Gasteiger partial charge is 0.508 e. The van der Waals surface area contributed by atoms with Crippen molar-refractivity contribution in [2.45, 2.75) is 39.3 Å². The molecular formula is C16H23ClN2O2. The molecule has 4 nitrogen and oxygen atoms in total. The average molecular weight is 311 g/mol. The molecule has 2 rings (SSSR count). The number of amides is 1. The second-order valence-electron chi connectivity index (χ2n) is 5.99. The molecule has 116 valence electrons. The number of phenols is 1. The first kappa shape index (κ1) is 16.1. The van der Waals surface area contributed by atoms with Gasteiger partial charge in [-0.2, -0.15) is 0 Å². The third-order valence-corrected chi connectivity index (χ3v) is 4.06. The van der Waals surface area contributed by atoms with Crippen LogP contribution in [0.1, 0.15) is 32.3 Å².